The van der Waals surface area contributed by atoms with Gasteiger partial charge in [0.05, 0.1) is 6.61 Å². The number of fused-ring (bicyclic) bond motifs is 1. The Bertz CT molecular complexity index is 225. The summed E-state index contributed by atoms with van der Waals surface area (Å²) in [6, 6.07) is 0.269. The summed E-state index contributed by atoms with van der Waals surface area (Å²) in [7, 11) is 0. The molecule has 13 heavy (non-hydrogen) atoms. The van der Waals surface area contributed by atoms with Gasteiger partial charge in [-0.1, -0.05) is 6.92 Å². The summed E-state index contributed by atoms with van der Waals surface area (Å²) in [4.78, 5) is 2.15. The average Bonchev–Trinajstić information content (AvgIpc) is 2.37. The summed E-state index contributed by atoms with van der Waals surface area (Å²) in [6.07, 6.45) is 0. The van der Waals surface area contributed by atoms with Gasteiger partial charge < -0.3 is 4.74 Å². The Kier molecular flexibility index (Phi) is 1.77. The van der Waals surface area contributed by atoms with Crippen LogP contribution in [0.25, 0.3) is 0 Å². The maximum atomic E-state index is 14.0. The minimum Gasteiger partial charge on any atom is -0.359 e. The number of halogens is 1. The van der Waals surface area contributed by atoms with Crippen LogP contribution in [0.15, 0.2) is 0 Å². The van der Waals surface area contributed by atoms with Gasteiger partial charge >= 0.3 is 0 Å². The lowest BCUT2D eigenvalue weighted by Gasteiger charge is -2.29. The first kappa shape index (κ1) is 9.41. The molecule has 2 rings (SSSR count). The highest BCUT2D eigenvalue weighted by Crippen LogP contribution is 2.43. The third kappa shape index (κ3) is 1.21. The lowest BCUT2D eigenvalue weighted by Crippen LogP contribution is -2.42. The van der Waals surface area contributed by atoms with Gasteiger partial charge in [0.1, 0.15) is 11.4 Å². The molecule has 0 radical (unpaired) electrons. The summed E-state index contributed by atoms with van der Waals surface area (Å²) in [6.45, 7) is 8.89. The molecule has 76 valence electrons. The van der Waals surface area contributed by atoms with Crippen LogP contribution in [0.1, 0.15) is 27.7 Å². The first-order valence-corrected chi connectivity index (χ1v) is 4.94. The molecule has 2 aliphatic heterocycles. The zero-order chi connectivity index (χ0) is 9.85. The second-order valence-corrected chi connectivity index (χ2v) is 5.02. The van der Waals surface area contributed by atoms with E-state index in [2.05, 4.69) is 4.90 Å². The molecule has 3 atom stereocenters. The predicted molar refractivity (Wildman–Crippen MR) is 49.2 cm³/mol. The van der Waals surface area contributed by atoms with E-state index in [-0.39, 0.29) is 17.7 Å². The van der Waals surface area contributed by atoms with Crippen LogP contribution in [0.5, 0.6) is 0 Å². The first-order valence-electron chi connectivity index (χ1n) is 4.94. The van der Waals surface area contributed by atoms with Gasteiger partial charge in [0, 0.05) is 18.5 Å². The Morgan fingerprint density at radius 1 is 1.38 bits per heavy atom. The fraction of sp³-hybridized carbons (Fsp3) is 1.00. The van der Waals surface area contributed by atoms with E-state index in [1.807, 2.05) is 20.8 Å². The highest BCUT2D eigenvalue weighted by Gasteiger charge is 2.56. The van der Waals surface area contributed by atoms with Gasteiger partial charge in [0.25, 0.3) is 0 Å². The van der Waals surface area contributed by atoms with E-state index in [0.29, 0.717) is 13.2 Å². The van der Waals surface area contributed by atoms with Gasteiger partial charge in [-0.25, -0.2) is 4.39 Å². The molecule has 2 aliphatic rings. The molecule has 2 heterocycles. The molecule has 0 aromatic heterocycles. The molecule has 0 unspecified atom stereocenters. The summed E-state index contributed by atoms with van der Waals surface area (Å²) < 4.78 is 19.6. The van der Waals surface area contributed by atoms with Crippen molar-refractivity contribution in [2.45, 2.75) is 45.1 Å². The topological polar surface area (TPSA) is 12.5 Å². The van der Waals surface area contributed by atoms with Gasteiger partial charge in [0.15, 0.2) is 0 Å². The summed E-state index contributed by atoms with van der Waals surface area (Å²) in [5.74, 6) is 0.0780. The molecule has 0 N–H and O–H groups in total. The standard InChI is InChI=1S/C10H18FNO/c1-7-8-5-13-9(2,3)12(8)6-10(7,4)11/h7-8H,5-6H2,1-4H3/t7-,8+,10+/m0/s1. The van der Waals surface area contributed by atoms with Gasteiger partial charge in [-0.3, -0.25) is 4.90 Å². The first-order chi connectivity index (χ1) is 5.84. The van der Waals surface area contributed by atoms with Crippen LogP contribution in [0.3, 0.4) is 0 Å². The maximum absolute atomic E-state index is 14.0. The Labute approximate surface area is 79.1 Å². The SMILES string of the molecule is C[C@H]1[C@H]2COC(C)(C)N2C[C@@]1(C)F. The van der Waals surface area contributed by atoms with Crippen LogP contribution >= 0.6 is 0 Å². The van der Waals surface area contributed by atoms with Gasteiger partial charge in [-0.15, -0.1) is 0 Å². The van der Waals surface area contributed by atoms with E-state index in [1.165, 1.54) is 0 Å². The number of alkyl halides is 1. The lowest BCUT2D eigenvalue weighted by atomic mass is 9.92. The van der Waals surface area contributed by atoms with E-state index in [9.17, 15) is 4.39 Å². The van der Waals surface area contributed by atoms with Crippen molar-refractivity contribution in [1.29, 1.82) is 0 Å². The van der Waals surface area contributed by atoms with E-state index in [1.54, 1.807) is 6.92 Å². The normalized spacial score (nSPS) is 49.6. The van der Waals surface area contributed by atoms with Crippen LogP contribution in [0.2, 0.25) is 0 Å². The van der Waals surface area contributed by atoms with Gasteiger partial charge in [0.2, 0.25) is 0 Å². The van der Waals surface area contributed by atoms with Crippen LogP contribution in [0.4, 0.5) is 4.39 Å². The fourth-order valence-corrected chi connectivity index (χ4v) is 2.46. The number of nitrogens with zero attached hydrogens (tertiary/aromatic N) is 1. The van der Waals surface area contributed by atoms with Crippen LogP contribution in [0, 0.1) is 5.92 Å². The Balaban J connectivity index is 2.25. The molecular weight excluding hydrogens is 169 g/mol. The van der Waals surface area contributed by atoms with E-state index < -0.39 is 5.67 Å². The molecule has 2 nitrogen and oxygen atoms in total. The van der Waals surface area contributed by atoms with Crippen molar-refractivity contribution in [2.75, 3.05) is 13.2 Å². The van der Waals surface area contributed by atoms with E-state index in [0.717, 1.165) is 0 Å². The Morgan fingerprint density at radius 3 is 2.54 bits per heavy atom. The lowest BCUT2D eigenvalue weighted by molar-refractivity contribution is -0.0586. The largest absolute Gasteiger partial charge is 0.359 e. The Hall–Kier alpha value is -0.150. The van der Waals surface area contributed by atoms with Crippen molar-refractivity contribution >= 4 is 0 Å². The summed E-state index contributed by atoms with van der Waals surface area (Å²) >= 11 is 0. The molecule has 0 amide bonds. The number of hydrogen-bond acceptors (Lipinski definition) is 2. The molecule has 0 spiro atoms. The van der Waals surface area contributed by atoms with Crippen molar-refractivity contribution < 1.29 is 9.13 Å². The molecule has 2 fully saturated rings. The number of hydrogen-bond donors (Lipinski definition) is 0. The molecule has 0 aromatic rings. The quantitative estimate of drug-likeness (QED) is 0.573. The maximum Gasteiger partial charge on any atom is 0.125 e. The molecule has 0 bridgehead atoms. The second-order valence-electron chi connectivity index (χ2n) is 5.02. The minimum atomic E-state index is -1.05. The molecule has 3 heteroatoms. The summed E-state index contributed by atoms with van der Waals surface area (Å²) in [5, 5.41) is 0. The smallest absolute Gasteiger partial charge is 0.125 e. The fourth-order valence-electron chi connectivity index (χ4n) is 2.46. The molecule has 2 saturated heterocycles. The number of ether oxygens (including phenoxy) is 1. The highest BCUT2D eigenvalue weighted by molar-refractivity contribution is 5.05. The van der Waals surface area contributed by atoms with Crippen molar-refractivity contribution in [1.82, 2.24) is 4.90 Å². The zero-order valence-electron chi connectivity index (χ0n) is 8.80. The van der Waals surface area contributed by atoms with Crippen molar-refractivity contribution in [3.63, 3.8) is 0 Å². The van der Waals surface area contributed by atoms with Crippen LogP contribution in [-0.4, -0.2) is 35.5 Å². The third-order valence-electron chi connectivity index (χ3n) is 3.71. The van der Waals surface area contributed by atoms with Crippen molar-refractivity contribution in [3.8, 4) is 0 Å². The zero-order valence-corrected chi connectivity index (χ0v) is 8.80. The number of rotatable bonds is 0. The highest BCUT2D eigenvalue weighted by atomic mass is 19.1. The second kappa shape index (κ2) is 2.45. The van der Waals surface area contributed by atoms with E-state index in [4.69, 9.17) is 4.74 Å². The van der Waals surface area contributed by atoms with Crippen molar-refractivity contribution in [3.05, 3.63) is 0 Å². The Morgan fingerprint density at radius 2 is 2.00 bits per heavy atom. The van der Waals surface area contributed by atoms with Gasteiger partial charge in [-0.05, 0) is 20.8 Å². The van der Waals surface area contributed by atoms with Crippen molar-refractivity contribution in [2.24, 2.45) is 5.92 Å². The molecule has 0 aliphatic carbocycles. The van der Waals surface area contributed by atoms with Crippen LogP contribution < -0.4 is 0 Å². The average molecular weight is 187 g/mol. The summed E-state index contributed by atoms with van der Waals surface area (Å²) in [5.41, 5.74) is -1.32. The van der Waals surface area contributed by atoms with Gasteiger partial charge in [-0.2, -0.15) is 0 Å². The molecular formula is C10H18FNO. The van der Waals surface area contributed by atoms with Crippen LogP contribution in [-0.2, 0) is 4.74 Å². The monoisotopic (exact) mass is 187 g/mol. The molecule has 0 saturated carbocycles. The third-order valence-corrected chi connectivity index (χ3v) is 3.71. The minimum absolute atomic E-state index is 0.0780. The predicted octanol–water partition coefficient (Wildman–Crippen LogP) is 1.80. The van der Waals surface area contributed by atoms with E-state index >= 15 is 0 Å². The molecule has 0 aromatic carbocycles.